The molecule has 0 radical (unpaired) electrons. The summed E-state index contributed by atoms with van der Waals surface area (Å²) in [6, 6.07) is 8.01. The Bertz CT molecular complexity index is 560. The molecule has 0 heterocycles. The molecule has 0 unspecified atom stereocenters. The molecule has 0 aliphatic heterocycles. The summed E-state index contributed by atoms with van der Waals surface area (Å²) in [4.78, 5) is 0. The number of hydrogen-bond acceptors (Lipinski definition) is 2. The second-order valence-corrected chi connectivity index (χ2v) is 3.74. The standard InChI is InChI=1S/C12H8ClF2NO/c13-7-5-10(16)12(6-9(7)15)17-11-4-2-1-3-8(11)14/h1-6H,16H2. The molecular weight excluding hydrogens is 248 g/mol. The second-order valence-electron chi connectivity index (χ2n) is 3.34. The molecule has 0 aliphatic carbocycles. The lowest BCUT2D eigenvalue weighted by Gasteiger charge is -2.09. The van der Waals surface area contributed by atoms with Gasteiger partial charge < -0.3 is 10.5 Å². The number of anilines is 1. The van der Waals surface area contributed by atoms with E-state index in [2.05, 4.69) is 0 Å². The second kappa shape index (κ2) is 4.59. The molecule has 5 heteroatoms. The molecular formula is C12H8ClF2NO. The summed E-state index contributed by atoms with van der Waals surface area (Å²) in [5.74, 6) is -1.23. The number of rotatable bonds is 2. The molecule has 17 heavy (non-hydrogen) atoms. The van der Waals surface area contributed by atoms with Crippen LogP contribution in [0.5, 0.6) is 11.5 Å². The molecule has 2 rings (SSSR count). The number of ether oxygens (including phenoxy) is 1. The minimum Gasteiger partial charge on any atom is -0.452 e. The number of nitrogen functional groups attached to an aromatic ring is 1. The highest BCUT2D eigenvalue weighted by Gasteiger charge is 2.10. The Morgan fingerprint density at radius 1 is 1.00 bits per heavy atom. The Balaban J connectivity index is 2.37. The minimum atomic E-state index is -0.674. The molecule has 0 aromatic heterocycles. The van der Waals surface area contributed by atoms with Crippen molar-refractivity contribution >= 4 is 17.3 Å². The van der Waals surface area contributed by atoms with Crippen molar-refractivity contribution in [3.05, 3.63) is 53.1 Å². The molecule has 2 nitrogen and oxygen atoms in total. The maximum atomic E-state index is 13.3. The zero-order valence-electron chi connectivity index (χ0n) is 8.58. The average molecular weight is 256 g/mol. The molecule has 0 bridgehead atoms. The van der Waals surface area contributed by atoms with Crippen LogP contribution in [0.2, 0.25) is 5.02 Å². The van der Waals surface area contributed by atoms with Crippen LogP contribution in [0, 0.1) is 11.6 Å². The highest BCUT2D eigenvalue weighted by atomic mass is 35.5. The van der Waals surface area contributed by atoms with Crippen LogP contribution in [0.15, 0.2) is 36.4 Å². The van der Waals surface area contributed by atoms with Crippen molar-refractivity contribution in [2.45, 2.75) is 0 Å². The van der Waals surface area contributed by atoms with E-state index in [1.54, 1.807) is 6.07 Å². The summed E-state index contributed by atoms with van der Waals surface area (Å²) in [6.45, 7) is 0. The zero-order chi connectivity index (χ0) is 12.4. The van der Waals surface area contributed by atoms with Crippen LogP contribution in [-0.2, 0) is 0 Å². The first-order chi connectivity index (χ1) is 8.08. The lowest BCUT2D eigenvalue weighted by Crippen LogP contribution is -1.95. The van der Waals surface area contributed by atoms with Crippen LogP contribution in [0.3, 0.4) is 0 Å². The Morgan fingerprint density at radius 2 is 1.71 bits per heavy atom. The van der Waals surface area contributed by atoms with E-state index in [1.165, 1.54) is 24.3 Å². The van der Waals surface area contributed by atoms with Crippen molar-refractivity contribution in [3.63, 3.8) is 0 Å². The van der Waals surface area contributed by atoms with Gasteiger partial charge in [0, 0.05) is 6.07 Å². The van der Waals surface area contributed by atoms with E-state index in [-0.39, 0.29) is 22.2 Å². The Morgan fingerprint density at radius 3 is 2.41 bits per heavy atom. The van der Waals surface area contributed by atoms with Crippen molar-refractivity contribution < 1.29 is 13.5 Å². The smallest absolute Gasteiger partial charge is 0.165 e. The number of hydrogen-bond donors (Lipinski definition) is 1. The zero-order valence-corrected chi connectivity index (χ0v) is 9.34. The van der Waals surface area contributed by atoms with Crippen molar-refractivity contribution in [1.29, 1.82) is 0 Å². The molecule has 88 valence electrons. The Hall–Kier alpha value is -1.81. The molecule has 2 N–H and O–H groups in total. The van der Waals surface area contributed by atoms with Gasteiger partial charge in [0.1, 0.15) is 5.82 Å². The van der Waals surface area contributed by atoms with Crippen LogP contribution >= 0.6 is 11.6 Å². The Kier molecular flexibility index (Phi) is 3.15. The summed E-state index contributed by atoms with van der Waals surface area (Å²) in [5.41, 5.74) is 5.73. The summed E-state index contributed by atoms with van der Waals surface area (Å²) in [6.07, 6.45) is 0. The topological polar surface area (TPSA) is 35.2 Å². The molecule has 0 saturated heterocycles. The predicted molar refractivity (Wildman–Crippen MR) is 62.3 cm³/mol. The normalized spacial score (nSPS) is 10.3. The van der Waals surface area contributed by atoms with Gasteiger partial charge in [-0.25, -0.2) is 8.78 Å². The van der Waals surface area contributed by atoms with Gasteiger partial charge in [-0.05, 0) is 18.2 Å². The summed E-state index contributed by atoms with van der Waals surface area (Å²) < 4.78 is 31.7. The van der Waals surface area contributed by atoms with E-state index in [0.717, 1.165) is 6.07 Å². The maximum absolute atomic E-state index is 13.3. The van der Waals surface area contributed by atoms with Gasteiger partial charge in [0.25, 0.3) is 0 Å². The Labute approximate surface area is 102 Å². The fraction of sp³-hybridized carbons (Fsp3) is 0. The lowest BCUT2D eigenvalue weighted by atomic mass is 10.3. The first kappa shape index (κ1) is 11.7. The van der Waals surface area contributed by atoms with Gasteiger partial charge in [-0.2, -0.15) is 0 Å². The summed E-state index contributed by atoms with van der Waals surface area (Å²) in [7, 11) is 0. The van der Waals surface area contributed by atoms with Gasteiger partial charge in [-0.3, -0.25) is 0 Å². The van der Waals surface area contributed by atoms with E-state index < -0.39 is 11.6 Å². The molecule has 0 fully saturated rings. The van der Waals surface area contributed by atoms with Gasteiger partial charge in [0.05, 0.1) is 10.7 Å². The molecule has 2 aromatic rings. The largest absolute Gasteiger partial charge is 0.452 e. The number of nitrogens with two attached hydrogens (primary N) is 1. The van der Waals surface area contributed by atoms with Crippen molar-refractivity contribution in [2.24, 2.45) is 0 Å². The van der Waals surface area contributed by atoms with Crippen LogP contribution in [0.4, 0.5) is 14.5 Å². The van der Waals surface area contributed by atoms with Gasteiger partial charge >= 0.3 is 0 Å². The number of halogens is 3. The van der Waals surface area contributed by atoms with Gasteiger partial charge in [0.2, 0.25) is 0 Å². The highest BCUT2D eigenvalue weighted by Crippen LogP contribution is 2.32. The monoisotopic (exact) mass is 255 g/mol. The third kappa shape index (κ3) is 2.47. The predicted octanol–water partition coefficient (Wildman–Crippen LogP) is 3.99. The van der Waals surface area contributed by atoms with Gasteiger partial charge in [0.15, 0.2) is 17.3 Å². The van der Waals surface area contributed by atoms with Crippen LogP contribution in [0.25, 0.3) is 0 Å². The average Bonchev–Trinajstić information content (AvgIpc) is 2.29. The van der Waals surface area contributed by atoms with Crippen LogP contribution < -0.4 is 10.5 Å². The SMILES string of the molecule is Nc1cc(Cl)c(F)cc1Oc1ccccc1F. The van der Waals surface area contributed by atoms with E-state index >= 15 is 0 Å². The van der Waals surface area contributed by atoms with E-state index in [0.29, 0.717) is 0 Å². The third-order valence-corrected chi connectivity index (χ3v) is 2.40. The van der Waals surface area contributed by atoms with Gasteiger partial charge in [-0.1, -0.05) is 23.7 Å². The third-order valence-electron chi connectivity index (χ3n) is 2.11. The number of para-hydroxylation sites is 1. The first-order valence-electron chi connectivity index (χ1n) is 4.75. The first-order valence-corrected chi connectivity index (χ1v) is 5.12. The maximum Gasteiger partial charge on any atom is 0.165 e. The molecule has 0 atom stereocenters. The molecule has 2 aromatic carbocycles. The van der Waals surface area contributed by atoms with E-state index in [4.69, 9.17) is 22.1 Å². The molecule has 0 saturated carbocycles. The van der Waals surface area contributed by atoms with Crippen LogP contribution in [0.1, 0.15) is 0 Å². The quantitative estimate of drug-likeness (QED) is 0.824. The fourth-order valence-corrected chi connectivity index (χ4v) is 1.45. The minimum absolute atomic E-state index is 0.0250. The van der Waals surface area contributed by atoms with E-state index in [9.17, 15) is 8.78 Å². The van der Waals surface area contributed by atoms with Crippen LogP contribution in [-0.4, -0.2) is 0 Å². The van der Waals surface area contributed by atoms with Crippen molar-refractivity contribution in [3.8, 4) is 11.5 Å². The van der Waals surface area contributed by atoms with E-state index in [1.807, 2.05) is 0 Å². The number of benzene rings is 2. The molecule has 0 spiro atoms. The molecule has 0 aliphatic rings. The fourth-order valence-electron chi connectivity index (χ4n) is 1.28. The molecule has 0 amide bonds. The van der Waals surface area contributed by atoms with Gasteiger partial charge in [-0.15, -0.1) is 0 Å². The van der Waals surface area contributed by atoms with Crippen molar-refractivity contribution in [2.75, 3.05) is 5.73 Å². The lowest BCUT2D eigenvalue weighted by molar-refractivity contribution is 0.441. The highest BCUT2D eigenvalue weighted by molar-refractivity contribution is 6.31. The van der Waals surface area contributed by atoms with Crippen molar-refractivity contribution in [1.82, 2.24) is 0 Å². The summed E-state index contributed by atoms with van der Waals surface area (Å²) >= 11 is 5.54. The summed E-state index contributed by atoms with van der Waals surface area (Å²) in [5, 5.41) is -0.108.